The largest absolute Gasteiger partial charge is 0.497 e. The van der Waals surface area contributed by atoms with Crippen LogP contribution in [0.2, 0.25) is 0 Å². The molecule has 5 rings (SSSR count). The van der Waals surface area contributed by atoms with Crippen LogP contribution in [-0.4, -0.2) is 66.9 Å². The predicted molar refractivity (Wildman–Crippen MR) is 121 cm³/mol. The number of ether oxygens (including phenoxy) is 1. The van der Waals surface area contributed by atoms with Crippen LogP contribution in [0.5, 0.6) is 5.75 Å². The number of benzene rings is 2. The molecule has 4 nitrogen and oxygen atoms in total. The summed E-state index contributed by atoms with van der Waals surface area (Å²) < 4.78 is 5.38. The first kappa shape index (κ1) is 20.0. The quantitative estimate of drug-likeness (QED) is 0.787. The standard InChI is InChI=1S/C26H34N2O2/c1-30-23-6-4-5-22(15-23)20-9-11-21(12-10-20)26-24-17-27(16-19-7-8-19)13-2-3-14-28(24)25(26)18-29/h4-6,9-12,15,19,24-26,29H,2-3,7-8,13-14,16-18H2,1H3/t24-,25-,26-/m0/s1. The van der Waals surface area contributed by atoms with Gasteiger partial charge in [0.25, 0.3) is 0 Å². The van der Waals surface area contributed by atoms with Gasteiger partial charge in [0.15, 0.2) is 0 Å². The Morgan fingerprint density at radius 2 is 1.80 bits per heavy atom. The molecule has 1 aliphatic carbocycles. The van der Waals surface area contributed by atoms with E-state index in [1.165, 1.54) is 55.5 Å². The molecule has 2 aliphatic heterocycles. The highest BCUT2D eigenvalue weighted by Gasteiger charge is 2.49. The summed E-state index contributed by atoms with van der Waals surface area (Å²) in [6, 6.07) is 18.0. The highest BCUT2D eigenvalue weighted by atomic mass is 16.5. The van der Waals surface area contributed by atoms with Crippen LogP contribution in [0.1, 0.15) is 37.2 Å². The van der Waals surface area contributed by atoms with Crippen LogP contribution in [-0.2, 0) is 0 Å². The Labute approximate surface area is 180 Å². The molecule has 1 N–H and O–H groups in total. The van der Waals surface area contributed by atoms with E-state index >= 15 is 0 Å². The molecule has 0 radical (unpaired) electrons. The van der Waals surface area contributed by atoms with Gasteiger partial charge in [-0.05, 0) is 73.5 Å². The predicted octanol–water partition coefficient (Wildman–Crippen LogP) is 4.00. The summed E-state index contributed by atoms with van der Waals surface area (Å²) in [5.74, 6) is 2.25. The summed E-state index contributed by atoms with van der Waals surface area (Å²) in [5.41, 5.74) is 3.76. The molecule has 3 aliphatic rings. The van der Waals surface area contributed by atoms with Crippen molar-refractivity contribution >= 4 is 0 Å². The second kappa shape index (κ2) is 8.70. The number of hydrogen-bond acceptors (Lipinski definition) is 4. The molecule has 0 aromatic heterocycles. The number of aliphatic hydroxyl groups is 1. The second-order valence-corrected chi connectivity index (χ2v) is 9.34. The van der Waals surface area contributed by atoms with Crippen molar-refractivity contribution < 1.29 is 9.84 Å². The smallest absolute Gasteiger partial charge is 0.119 e. The molecule has 4 heteroatoms. The maximum atomic E-state index is 10.2. The van der Waals surface area contributed by atoms with E-state index in [9.17, 15) is 5.11 Å². The van der Waals surface area contributed by atoms with Crippen LogP contribution in [0.15, 0.2) is 48.5 Å². The average molecular weight is 407 g/mol. The van der Waals surface area contributed by atoms with Crippen LogP contribution in [0.3, 0.4) is 0 Å². The van der Waals surface area contributed by atoms with E-state index in [1.54, 1.807) is 7.11 Å². The number of aliphatic hydroxyl groups excluding tert-OH is 1. The molecule has 2 heterocycles. The van der Waals surface area contributed by atoms with Crippen molar-refractivity contribution in [2.45, 2.75) is 43.7 Å². The number of hydrogen-bond donors (Lipinski definition) is 1. The summed E-state index contributed by atoms with van der Waals surface area (Å²) in [4.78, 5) is 5.29. The van der Waals surface area contributed by atoms with Crippen molar-refractivity contribution in [2.24, 2.45) is 5.92 Å². The third-order valence-electron chi connectivity index (χ3n) is 7.37. The number of methoxy groups -OCH3 is 1. The van der Waals surface area contributed by atoms with Gasteiger partial charge in [-0.25, -0.2) is 0 Å². The Bertz CT molecular complexity index is 848. The summed E-state index contributed by atoms with van der Waals surface area (Å²) in [5, 5.41) is 10.2. The molecular formula is C26H34N2O2. The van der Waals surface area contributed by atoms with Crippen molar-refractivity contribution in [3.8, 4) is 16.9 Å². The first-order valence-corrected chi connectivity index (χ1v) is 11.6. The third-order valence-corrected chi connectivity index (χ3v) is 7.37. The molecule has 0 amide bonds. The highest BCUT2D eigenvalue weighted by molar-refractivity contribution is 5.65. The Balaban J connectivity index is 1.35. The van der Waals surface area contributed by atoms with E-state index in [4.69, 9.17) is 4.74 Å². The fraction of sp³-hybridized carbons (Fsp3) is 0.538. The van der Waals surface area contributed by atoms with Gasteiger partial charge in [-0.3, -0.25) is 4.90 Å². The summed E-state index contributed by atoms with van der Waals surface area (Å²) in [6.45, 7) is 5.05. The van der Waals surface area contributed by atoms with E-state index in [2.05, 4.69) is 46.2 Å². The zero-order valence-corrected chi connectivity index (χ0v) is 18.0. The minimum atomic E-state index is 0.251. The average Bonchev–Trinajstić information content (AvgIpc) is 3.59. The lowest BCUT2D eigenvalue weighted by molar-refractivity contribution is -0.0649. The van der Waals surface area contributed by atoms with Crippen molar-refractivity contribution in [1.82, 2.24) is 9.80 Å². The molecule has 1 saturated carbocycles. The molecule has 0 spiro atoms. The lowest BCUT2D eigenvalue weighted by Gasteiger charge is -2.57. The molecule has 160 valence electrons. The Morgan fingerprint density at radius 3 is 2.53 bits per heavy atom. The normalized spacial score (nSPS) is 27.6. The van der Waals surface area contributed by atoms with Gasteiger partial charge < -0.3 is 14.7 Å². The van der Waals surface area contributed by atoms with E-state index < -0.39 is 0 Å². The van der Waals surface area contributed by atoms with E-state index in [1.807, 2.05) is 12.1 Å². The van der Waals surface area contributed by atoms with Gasteiger partial charge in [-0.15, -0.1) is 0 Å². The van der Waals surface area contributed by atoms with Gasteiger partial charge in [0.1, 0.15) is 5.75 Å². The van der Waals surface area contributed by atoms with Gasteiger partial charge in [0, 0.05) is 31.1 Å². The molecule has 2 aromatic carbocycles. The van der Waals surface area contributed by atoms with E-state index in [0.29, 0.717) is 12.0 Å². The van der Waals surface area contributed by atoms with Crippen LogP contribution < -0.4 is 4.74 Å². The van der Waals surface area contributed by atoms with Crippen molar-refractivity contribution in [3.05, 3.63) is 54.1 Å². The van der Waals surface area contributed by atoms with Crippen LogP contribution in [0.4, 0.5) is 0 Å². The number of rotatable bonds is 6. The molecule has 2 saturated heterocycles. The number of fused-ring (bicyclic) bond motifs is 1. The fourth-order valence-electron chi connectivity index (χ4n) is 5.54. The molecule has 30 heavy (non-hydrogen) atoms. The maximum absolute atomic E-state index is 10.2. The van der Waals surface area contributed by atoms with Gasteiger partial charge in [0.05, 0.1) is 13.7 Å². The van der Waals surface area contributed by atoms with Gasteiger partial charge in [0.2, 0.25) is 0 Å². The highest BCUT2D eigenvalue weighted by Crippen LogP contribution is 2.43. The minimum absolute atomic E-state index is 0.251. The lowest BCUT2D eigenvalue weighted by atomic mass is 9.74. The minimum Gasteiger partial charge on any atom is -0.497 e. The monoisotopic (exact) mass is 406 g/mol. The van der Waals surface area contributed by atoms with Gasteiger partial charge in [-0.1, -0.05) is 36.4 Å². The first-order chi connectivity index (χ1) is 14.8. The molecule has 2 aromatic rings. The van der Waals surface area contributed by atoms with Crippen LogP contribution in [0.25, 0.3) is 11.1 Å². The zero-order chi connectivity index (χ0) is 20.5. The van der Waals surface area contributed by atoms with Crippen molar-refractivity contribution in [3.63, 3.8) is 0 Å². The first-order valence-electron chi connectivity index (χ1n) is 11.6. The van der Waals surface area contributed by atoms with Crippen molar-refractivity contribution in [1.29, 1.82) is 0 Å². The topological polar surface area (TPSA) is 35.9 Å². The number of nitrogens with zero attached hydrogens (tertiary/aromatic N) is 2. The van der Waals surface area contributed by atoms with Gasteiger partial charge >= 0.3 is 0 Å². The fourth-order valence-corrected chi connectivity index (χ4v) is 5.54. The van der Waals surface area contributed by atoms with Gasteiger partial charge in [-0.2, -0.15) is 0 Å². The lowest BCUT2D eigenvalue weighted by Crippen LogP contribution is -2.67. The van der Waals surface area contributed by atoms with E-state index in [0.717, 1.165) is 24.8 Å². The molecule has 3 atom stereocenters. The Kier molecular flexibility index (Phi) is 5.81. The summed E-state index contributed by atoms with van der Waals surface area (Å²) >= 11 is 0. The molecule has 0 bridgehead atoms. The summed E-state index contributed by atoms with van der Waals surface area (Å²) in [7, 11) is 1.71. The maximum Gasteiger partial charge on any atom is 0.119 e. The third kappa shape index (κ3) is 4.01. The van der Waals surface area contributed by atoms with Crippen LogP contribution >= 0.6 is 0 Å². The molecule has 3 fully saturated rings. The zero-order valence-electron chi connectivity index (χ0n) is 18.0. The Hall–Kier alpha value is -1.88. The SMILES string of the molecule is COc1cccc(-c2ccc([C@@H]3[C@H](CO)N4CCCCN(CC5CC5)C[C@@H]34)cc2)c1. The summed E-state index contributed by atoms with van der Waals surface area (Å²) in [6.07, 6.45) is 5.36. The Morgan fingerprint density at radius 1 is 1.00 bits per heavy atom. The molecular weight excluding hydrogens is 372 g/mol. The second-order valence-electron chi connectivity index (χ2n) is 9.34. The van der Waals surface area contributed by atoms with Crippen molar-refractivity contribution in [2.75, 3.05) is 39.9 Å². The van der Waals surface area contributed by atoms with Crippen LogP contribution in [0, 0.1) is 5.92 Å². The van der Waals surface area contributed by atoms with E-state index in [-0.39, 0.29) is 12.6 Å². The molecule has 0 unspecified atom stereocenters.